The molecular formula is C15H24OS. The first-order valence-corrected chi connectivity index (χ1v) is 7.01. The Balaban J connectivity index is 2.58. The van der Waals surface area contributed by atoms with Crippen molar-refractivity contribution in [1.29, 1.82) is 0 Å². The molecule has 1 atom stereocenters. The first kappa shape index (κ1) is 14.6. The summed E-state index contributed by atoms with van der Waals surface area (Å²) >= 11 is 4.41. The fourth-order valence-corrected chi connectivity index (χ4v) is 2.12. The zero-order chi connectivity index (χ0) is 12.9. The second kappa shape index (κ2) is 6.46. The molecule has 1 nitrogen and oxygen atoms in total. The van der Waals surface area contributed by atoms with E-state index in [0.29, 0.717) is 0 Å². The molecule has 0 aromatic heterocycles. The van der Waals surface area contributed by atoms with Gasteiger partial charge in [-0.2, -0.15) is 12.6 Å². The molecule has 1 N–H and O–H groups in total. The van der Waals surface area contributed by atoms with Gasteiger partial charge in [-0.1, -0.05) is 38.1 Å². The van der Waals surface area contributed by atoms with E-state index in [2.05, 4.69) is 57.7 Å². The molecule has 0 saturated heterocycles. The maximum atomic E-state index is 10.2. The molecule has 0 aliphatic rings. The molecule has 0 bridgehead atoms. The lowest BCUT2D eigenvalue weighted by molar-refractivity contribution is 0.0239. The topological polar surface area (TPSA) is 20.2 Å². The Kier molecular flexibility index (Phi) is 5.54. The molecule has 0 fully saturated rings. The minimum atomic E-state index is -0.491. The van der Waals surface area contributed by atoms with E-state index in [1.165, 1.54) is 11.1 Å². The minimum Gasteiger partial charge on any atom is -0.390 e. The minimum absolute atomic E-state index is 0.285. The van der Waals surface area contributed by atoms with Gasteiger partial charge in [-0.3, -0.25) is 0 Å². The van der Waals surface area contributed by atoms with E-state index in [-0.39, 0.29) is 5.25 Å². The number of hydrogen-bond acceptors (Lipinski definition) is 2. The van der Waals surface area contributed by atoms with Gasteiger partial charge in [0.2, 0.25) is 0 Å². The van der Waals surface area contributed by atoms with E-state index in [9.17, 15) is 5.11 Å². The number of aryl methyl sites for hydroxylation is 1. The molecular weight excluding hydrogens is 228 g/mol. The molecule has 96 valence electrons. The summed E-state index contributed by atoms with van der Waals surface area (Å²) in [6.45, 7) is 6.18. The standard InChI is InChI=1S/C15H24OS/c1-4-15(16,5-2)11-10-13-6-8-14(9-7-13)12(3)17/h6-9,12,16-17H,4-5,10-11H2,1-3H3. The third-order valence-electron chi connectivity index (χ3n) is 3.66. The van der Waals surface area contributed by atoms with Crippen molar-refractivity contribution in [3.05, 3.63) is 35.4 Å². The molecule has 0 saturated carbocycles. The summed E-state index contributed by atoms with van der Waals surface area (Å²) in [5, 5.41) is 10.5. The number of benzene rings is 1. The third kappa shape index (κ3) is 4.36. The van der Waals surface area contributed by atoms with Crippen molar-refractivity contribution in [3.63, 3.8) is 0 Å². The number of aliphatic hydroxyl groups is 1. The van der Waals surface area contributed by atoms with Crippen molar-refractivity contribution >= 4 is 12.6 Å². The van der Waals surface area contributed by atoms with Crippen LogP contribution in [0.4, 0.5) is 0 Å². The van der Waals surface area contributed by atoms with E-state index in [1.54, 1.807) is 0 Å². The molecule has 1 unspecified atom stereocenters. The van der Waals surface area contributed by atoms with Crippen molar-refractivity contribution < 1.29 is 5.11 Å². The van der Waals surface area contributed by atoms with Crippen molar-refractivity contribution in [2.24, 2.45) is 0 Å². The van der Waals surface area contributed by atoms with Gasteiger partial charge >= 0.3 is 0 Å². The first-order chi connectivity index (χ1) is 8.00. The summed E-state index contributed by atoms with van der Waals surface area (Å²) in [5.74, 6) is 0. The molecule has 2 heteroatoms. The van der Waals surface area contributed by atoms with Crippen LogP contribution in [-0.2, 0) is 6.42 Å². The van der Waals surface area contributed by atoms with Crippen molar-refractivity contribution in [2.75, 3.05) is 0 Å². The zero-order valence-corrected chi connectivity index (χ0v) is 12.0. The normalized spacial score (nSPS) is 13.7. The Morgan fingerprint density at radius 3 is 2.12 bits per heavy atom. The molecule has 17 heavy (non-hydrogen) atoms. The maximum Gasteiger partial charge on any atom is 0.0645 e. The van der Waals surface area contributed by atoms with Gasteiger partial charge in [0.25, 0.3) is 0 Å². The second-order valence-electron chi connectivity index (χ2n) is 4.85. The first-order valence-electron chi connectivity index (χ1n) is 6.50. The highest BCUT2D eigenvalue weighted by Crippen LogP contribution is 2.23. The molecule has 0 spiro atoms. The molecule has 0 amide bonds. The number of thiol groups is 1. The lowest BCUT2D eigenvalue weighted by Gasteiger charge is -2.25. The number of rotatable bonds is 6. The highest BCUT2D eigenvalue weighted by molar-refractivity contribution is 7.80. The summed E-state index contributed by atoms with van der Waals surface area (Å²) in [7, 11) is 0. The summed E-state index contributed by atoms with van der Waals surface area (Å²) in [5.41, 5.74) is 2.05. The molecule has 0 radical (unpaired) electrons. The van der Waals surface area contributed by atoms with Gasteiger partial charge in [0.1, 0.15) is 0 Å². The summed E-state index contributed by atoms with van der Waals surface area (Å²) in [4.78, 5) is 0. The van der Waals surface area contributed by atoms with Gasteiger partial charge in [0.15, 0.2) is 0 Å². The van der Waals surface area contributed by atoms with Crippen LogP contribution in [0.5, 0.6) is 0 Å². The Labute approximate surface area is 111 Å². The van der Waals surface area contributed by atoms with Crippen LogP contribution in [0, 0.1) is 0 Å². The maximum absolute atomic E-state index is 10.2. The van der Waals surface area contributed by atoms with Gasteiger partial charge in [-0.05, 0) is 43.7 Å². The Morgan fingerprint density at radius 1 is 1.18 bits per heavy atom. The van der Waals surface area contributed by atoms with Gasteiger partial charge in [-0.25, -0.2) is 0 Å². The lowest BCUT2D eigenvalue weighted by atomic mass is 9.90. The molecule has 1 aromatic carbocycles. The number of hydrogen-bond donors (Lipinski definition) is 2. The zero-order valence-electron chi connectivity index (χ0n) is 11.1. The fourth-order valence-electron chi connectivity index (χ4n) is 1.94. The van der Waals surface area contributed by atoms with Gasteiger partial charge < -0.3 is 5.11 Å². The fraction of sp³-hybridized carbons (Fsp3) is 0.600. The highest BCUT2D eigenvalue weighted by atomic mass is 32.1. The molecule has 0 heterocycles. The summed E-state index contributed by atoms with van der Waals surface area (Å²) in [6.07, 6.45) is 3.44. The van der Waals surface area contributed by atoms with Gasteiger partial charge in [-0.15, -0.1) is 0 Å². The predicted molar refractivity (Wildman–Crippen MR) is 77.7 cm³/mol. The Hall–Kier alpha value is -0.470. The molecule has 1 aromatic rings. The van der Waals surface area contributed by atoms with E-state index in [0.717, 1.165) is 25.7 Å². The van der Waals surface area contributed by atoms with Crippen LogP contribution in [0.3, 0.4) is 0 Å². The average Bonchev–Trinajstić information content (AvgIpc) is 2.36. The van der Waals surface area contributed by atoms with E-state index < -0.39 is 5.60 Å². The van der Waals surface area contributed by atoms with Crippen LogP contribution < -0.4 is 0 Å². The monoisotopic (exact) mass is 252 g/mol. The van der Waals surface area contributed by atoms with Crippen LogP contribution in [0.15, 0.2) is 24.3 Å². The third-order valence-corrected chi connectivity index (χ3v) is 3.96. The van der Waals surface area contributed by atoms with E-state index >= 15 is 0 Å². The molecule has 0 aliphatic heterocycles. The van der Waals surface area contributed by atoms with E-state index in [4.69, 9.17) is 0 Å². The Morgan fingerprint density at radius 2 is 1.71 bits per heavy atom. The van der Waals surface area contributed by atoms with Crippen LogP contribution in [0.2, 0.25) is 0 Å². The average molecular weight is 252 g/mol. The van der Waals surface area contributed by atoms with Crippen LogP contribution in [-0.4, -0.2) is 10.7 Å². The van der Waals surface area contributed by atoms with E-state index in [1.807, 2.05) is 0 Å². The van der Waals surface area contributed by atoms with Crippen LogP contribution in [0.25, 0.3) is 0 Å². The highest BCUT2D eigenvalue weighted by Gasteiger charge is 2.21. The second-order valence-corrected chi connectivity index (χ2v) is 5.62. The van der Waals surface area contributed by atoms with Crippen molar-refractivity contribution in [3.8, 4) is 0 Å². The van der Waals surface area contributed by atoms with Gasteiger partial charge in [0.05, 0.1) is 5.60 Å². The summed E-state index contributed by atoms with van der Waals surface area (Å²) < 4.78 is 0. The van der Waals surface area contributed by atoms with Gasteiger partial charge in [0, 0.05) is 5.25 Å². The smallest absolute Gasteiger partial charge is 0.0645 e. The SMILES string of the molecule is CCC(O)(CC)CCc1ccc(C(C)S)cc1. The molecule has 1 rings (SSSR count). The largest absolute Gasteiger partial charge is 0.390 e. The summed E-state index contributed by atoms with van der Waals surface area (Å²) in [6, 6.07) is 8.55. The van der Waals surface area contributed by atoms with Crippen LogP contribution >= 0.6 is 12.6 Å². The predicted octanol–water partition coefficient (Wildman–Crippen LogP) is 4.16. The molecule has 0 aliphatic carbocycles. The lowest BCUT2D eigenvalue weighted by Crippen LogP contribution is -2.27. The van der Waals surface area contributed by atoms with Crippen molar-refractivity contribution in [2.45, 2.75) is 57.3 Å². The quantitative estimate of drug-likeness (QED) is 0.728. The Bertz CT molecular complexity index is 325. The van der Waals surface area contributed by atoms with Crippen molar-refractivity contribution in [1.82, 2.24) is 0 Å². The van der Waals surface area contributed by atoms with Crippen LogP contribution in [0.1, 0.15) is 56.4 Å².